The number of carbonyl (C=O) groups excluding carboxylic acids is 1. The molecule has 0 bridgehead atoms. The lowest BCUT2D eigenvalue weighted by Crippen LogP contribution is -2.04. The van der Waals surface area contributed by atoms with Gasteiger partial charge in [-0.25, -0.2) is 4.79 Å². The Morgan fingerprint density at radius 1 is 1.50 bits per heavy atom. The largest absolute Gasteiger partial charge is 0.508 e. The van der Waals surface area contributed by atoms with Gasteiger partial charge in [-0.15, -0.1) is 0 Å². The molecule has 3 nitrogen and oxygen atoms in total. The molecule has 0 unspecified atom stereocenters. The van der Waals surface area contributed by atoms with E-state index in [-0.39, 0.29) is 11.3 Å². The minimum atomic E-state index is -0.384. The fourth-order valence-corrected chi connectivity index (χ4v) is 1.77. The standard InChI is InChI=1S/C11H11NO2/c1-8-9(3-2-4-10(8)14)11(5-6-11)12-7-13/h2-4,14H,5-6H2,1H3. The normalized spacial score (nSPS) is 17.2. The van der Waals surface area contributed by atoms with Gasteiger partial charge in [0.15, 0.2) is 0 Å². The van der Waals surface area contributed by atoms with E-state index in [1.165, 1.54) is 0 Å². The third-order valence-electron chi connectivity index (χ3n) is 2.79. The number of rotatable bonds is 2. The quantitative estimate of drug-likeness (QED) is 0.571. The van der Waals surface area contributed by atoms with Crippen molar-refractivity contribution in [3.05, 3.63) is 29.3 Å². The molecule has 0 radical (unpaired) electrons. The lowest BCUT2D eigenvalue weighted by atomic mass is 9.99. The highest BCUT2D eigenvalue weighted by Crippen LogP contribution is 2.51. The summed E-state index contributed by atoms with van der Waals surface area (Å²) in [4.78, 5) is 14.1. The van der Waals surface area contributed by atoms with Crippen LogP contribution in [-0.4, -0.2) is 11.2 Å². The van der Waals surface area contributed by atoms with Crippen LogP contribution in [0.15, 0.2) is 23.2 Å². The van der Waals surface area contributed by atoms with Crippen molar-refractivity contribution in [1.29, 1.82) is 0 Å². The zero-order valence-electron chi connectivity index (χ0n) is 7.95. The Balaban J connectivity index is 2.52. The summed E-state index contributed by atoms with van der Waals surface area (Å²) in [6.07, 6.45) is 3.34. The van der Waals surface area contributed by atoms with Crippen molar-refractivity contribution in [2.75, 3.05) is 0 Å². The SMILES string of the molecule is Cc1c(O)cccc1C1(N=C=O)CC1. The average molecular weight is 189 g/mol. The van der Waals surface area contributed by atoms with Crippen LogP contribution in [0.2, 0.25) is 0 Å². The van der Waals surface area contributed by atoms with Crippen LogP contribution < -0.4 is 0 Å². The van der Waals surface area contributed by atoms with Crippen molar-refractivity contribution in [3.8, 4) is 5.75 Å². The van der Waals surface area contributed by atoms with E-state index in [0.29, 0.717) is 0 Å². The fraction of sp³-hybridized carbons (Fsp3) is 0.364. The van der Waals surface area contributed by atoms with Gasteiger partial charge in [-0.2, -0.15) is 4.99 Å². The van der Waals surface area contributed by atoms with E-state index in [1.807, 2.05) is 13.0 Å². The van der Waals surface area contributed by atoms with E-state index in [2.05, 4.69) is 4.99 Å². The van der Waals surface area contributed by atoms with E-state index >= 15 is 0 Å². The Kier molecular flexibility index (Phi) is 1.90. The molecular weight excluding hydrogens is 178 g/mol. The molecule has 0 saturated heterocycles. The van der Waals surface area contributed by atoms with Crippen LogP contribution >= 0.6 is 0 Å². The summed E-state index contributed by atoms with van der Waals surface area (Å²) in [5.74, 6) is 0.259. The van der Waals surface area contributed by atoms with E-state index in [9.17, 15) is 9.90 Å². The maximum absolute atomic E-state index is 10.3. The van der Waals surface area contributed by atoms with Gasteiger partial charge in [0, 0.05) is 0 Å². The van der Waals surface area contributed by atoms with Crippen LogP contribution in [0.5, 0.6) is 5.75 Å². The van der Waals surface area contributed by atoms with Crippen LogP contribution in [0.25, 0.3) is 0 Å². The van der Waals surface area contributed by atoms with Gasteiger partial charge < -0.3 is 5.11 Å². The first-order valence-corrected chi connectivity index (χ1v) is 4.58. The molecule has 1 aliphatic rings. The molecule has 14 heavy (non-hydrogen) atoms. The molecule has 1 aliphatic carbocycles. The number of hydrogen-bond donors (Lipinski definition) is 1. The summed E-state index contributed by atoms with van der Waals surface area (Å²) in [5.41, 5.74) is 1.37. The number of phenolic OH excluding ortho intramolecular Hbond substituents is 1. The van der Waals surface area contributed by atoms with E-state index in [4.69, 9.17) is 0 Å². The Labute approximate surface area is 82.1 Å². The fourth-order valence-electron chi connectivity index (χ4n) is 1.77. The minimum Gasteiger partial charge on any atom is -0.508 e. The summed E-state index contributed by atoms with van der Waals surface area (Å²) in [6.45, 7) is 1.84. The van der Waals surface area contributed by atoms with Crippen molar-refractivity contribution >= 4 is 6.08 Å². The number of aliphatic imine (C=N–C) groups is 1. The van der Waals surface area contributed by atoms with Crippen LogP contribution in [-0.2, 0) is 10.3 Å². The topological polar surface area (TPSA) is 49.7 Å². The number of phenols is 1. The average Bonchev–Trinajstić information content (AvgIpc) is 2.91. The molecule has 0 atom stereocenters. The molecule has 0 heterocycles. The Bertz CT molecular complexity index is 415. The zero-order chi connectivity index (χ0) is 10.2. The molecular formula is C11H11NO2. The maximum atomic E-state index is 10.3. The van der Waals surface area contributed by atoms with Crippen molar-refractivity contribution in [3.63, 3.8) is 0 Å². The smallest absolute Gasteiger partial charge is 0.235 e. The van der Waals surface area contributed by atoms with E-state index < -0.39 is 0 Å². The second kappa shape index (κ2) is 2.96. The molecule has 1 fully saturated rings. The highest BCUT2D eigenvalue weighted by molar-refractivity contribution is 5.48. The molecule has 0 spiro atoms. The third-order valence-corrected chi connectivity index (χ3v) is 2.79. The first-order valence-electron chi connectivity index (χ1n) is 4.58. The summed E-state index contributed by atoms with van der Waals surface area (Å²) in [5, 5.41) is 9.52. The number of isocyanates is 1. The molecule has 3 heteroatoms. The van der Waals surface area contributed by atoms with Crippen LogP contribution in [0.1, 0.15) is 24.0 Å². The van der Waals surface area contributed by atoms with Gasteiger partial charge >= 0.3 is 0 Å². The van der Waals surface area contributed by atoms with Crippen molar-refractivity contribution in [2.45, 2.75) is 25.3 Å². The van der Waals surface area contributed by atoms with Crippen molar-refractivity contribution in [1.82, 2.24) is 0 Å². The van der Waals surface area contributed by atoms with Crippen LogP contribution in [0.3, 0.4) is 0 Å². The summed E-state index contributed by atoms with van der Waals surface area (Å²) in [6, 6.07) is 5.32. The highest BCUT2D eigenvalue weighted by Gasteiger charge is 2.45. The van der Waals surface area contributed by atoms with Crippen molar-refractivity contribution < 1.29 is 9.90 Å². The second-order valence-electron chi connectivity index (χ2n) is 3.68. The predicted octanol–water partition coefficient (Wildman–Crippen LogP) is 2.03. The lowest BCUT2D eigenvalue weighted by molar-refractivity contribution is 0.468. The molecule has 0 aromatic heterocycles. The van der Waals surface area contributed by atoms with E-state index in [1.54, 1.807) is 18.2 Å². The summed E-state index contributed by atoms with van der Waals surface area (Å²) in [7, 11) is 0. The Morgan fingerprint density at radius 2 is 2.21 bits per heavy atom. The third kappa shape index (κ3) is 1.22. The first kappa shape index (κ1) is 8.97. The number of nitrogens with zero attached hydrogens (tertiary/aromatic N) is 1. The second-order valence-corrected chi connectivity index (χ2v) is 3.68. The predicted molar refractivity (Wildman–Crippen MR) is 51.9 cm³/mol. The number of benzene rings is 1. The van der Waals surface area contributed by atoms with Gasteiger partial charge in [-0.05, 0) is 37.0 Å². The van der Waals surface area contributed by atoms with Gasteiger partial charge in [0.1, 0.15) is 5.75 Å². The molecule has 0 aliphatic heterocycles. The molecule has 1 aromatic rings. The summed E-state index contributed by atoms with van der Waals surface area (Å²) >= 11 is 0. The molecule has 1 aromatic carbocycles. The first-order chi connectivity index (χ1) is 6.69. The molecule has 1 N–H and O–H groups in total. The highest BCUT2D eigenvalue weighted by atomic mass is 16.3. The van der Waals surface area contributed by atoms with E-state index in [0.717, 1.165) is 24.0 Å². The van der Waals surface area contributed by atoms with Crippen molar-refractivity contribution in [2.24, 2.45) is 4.99 Å². The van der Waals surface area contributed by atoms with Gasteiger partial charge in [-0.1, -0.05) is 12.1 Å². The number of hydrogen-bond acceptors (Lipinski definition) is 3. The zero-order valence-corrected chi connectivity index (χ0v) is 7.95. The summed E-state index contributed by atoms with van der Waals surface area (Å²) < 4.78 is 0. The van der Waals surface area contributed by atoms with Gasteiger partial charge in [-0.3, -0.25) is 0 Å². The Hall–Kier alpha value is -1.60. The molecule has 2 rings (SSSR count). The van der Waals surface area contributed by atoms with Crippen LogP contribution in [0.4, 0.5) is 0 Å². The number of aromatic hydroxyl groups is 1. The monoisotopic (exact) mass is 189 g/mol. The Morgan fingerprint density at radius 3 is 2.79 bits per heavy atom. The van der Waals surface area contributed by atoms with Gasteiger partial charge in [0.05, 0.1) is 5.54 Å². The lowest BCUT2D eigenvalue weighted by Gasteiger charge is -2.12. The molecule has 1 saturated carbocycles. The van der Waals surface area contributed by atoms with Gasteiger partial charge in [0.25, 0.3) is 0 Å². The molecule has 72 valence electrons. The maximum Gasteiger partial charge on any atom is 0.235 e. The minimum absolute atomic E-state index is 0.259. The molecule has 0 amide bonds. The van der Waals surface area contributed by atoms with Crippen LogP contribution in [0, 0.1) is 6.92 Å². The van der Waals surface area contributed by atoms with Gasteiger partial charge in [0.2, 0.25) is 6.08 Å².